The molecule has 1 aromatic carbocycles. The minimum atomic E-state index is -0.316. The number of benzene rings is 1. The van der Waals surface area contributed by atoms with Crippen LogP contribution >= 0.6 is 24.0 Å². The first kappa shape index (κ1) is 22.2. The largest absolute Gasteiger partial charge is 0.492 e. The Morgan fingerprint density at radius 3 is 2.69 bits per heavy atom. The lowest BCUT2D eigenvalue weighted by molar-refractivity contribution is 0.320. The van der Waals surface area contributed by atoms with E-state index in [1.54, 1.807) is 25.4 Å². The molecule has 0 atom stereocenters. The summed E-state index contributed by atoms with van der Waals surface area (Å²) in [5.74, 6) is 2.24. The van der Waals surface area contributed by atoms with Gasteiger partial charge in [-0.05, 0) is 12.1 Å². The van der Waals surface area contributed by atoms with E-state index in [2.05, 4.69) is 41.4 Å². The molecule has 0 radical (unpaired) electrons. The van der Waals surface area contributed by atoms with Gasteiger partial charge >= 0.3 is 0 Å². The summed E-state index contributed by atoms with van der Waals surface area (Å²) in [5, 5.41) is 6.24. The van der Waals surface area contributed by atoms with Crippen molar-refractivity contribution in [2.75, 3.05) is 20.2 Å². The fourth-order valence-electron chi connectivity index (χ4n) is 2.01. The molecule has 1 heterocycles. The van der Waals surface area contributed by atoms with E-state index in [1.807, 2.05) is 0 Å². The van der Waals surface area contributed by atoms with E-state index in [1.165, 1.54) is 12.1 Å². The van der Waals surface area contributed by atoms with Crippen molar-refractivity contribution < 1.29 is 13.5 Å². The summed E-state index contributed by atoms with van der Waals surface area (Å²) in [5.41, 5.74) is -0.0700. The fourth-order valence-corrected chi connectivity index (χ4v) is 2.01. The van der Waals surface area contributed by atoms with Crippen molar-refractivity contribution in [3.63, 3.8) is 0 Å². The lowest BCUT2D eigenvalue weighted by atomic mass is 9.94. The van der Waals surface area contributed by atoms with Gasteiger partial charge in [0.25, 0.3) is 0 Å². The Kier molecular flexibility index (Phi) is 8.83. The maximum absolute atomic E-state index is 13.1. The zero-order valence-corrected chi connectivity index (χ0v) is 17.8. The molecule has 0 amide bonds. The summed E-state index contributed by atoms with van der Waals surface area (Å²) in [6, 6.07) is 6.05. The predicted molar refractivity (Wildman–Crippen MR) is 111 cm³/mol. The van der Waals surface area contributed by atoms with Gasteiger partial charge in [0.1, 0.15) is 23.9 Å². The number of oxazole rings is 1. The van der Waals surface area contributed by atoms with Gasteiger partial charge in [0.15, 0.2) is 5.96 Å². The van der Waals surface area contributed by atoms with Crippen molar-refractivity contribution in [1.82, 2.24) is 15.6 Å². The lowest BCUT2D eigenvalue weighted by Crippen LogP contribution is -2.38. The van der Waals surface area contributed by atoms with Gasteiger partial charge in [-0.15, -0.1) is 24.0 Å². The van der Waals surface area contributed by atoms with Crippen LogP contribution in [0.15, 0.2) is 39.9 Å². The van der Waals surface area contributed by atoms with Crippen LogP contribution in [0.4, 0.5) is 4.39 Å². The number of hydrogen-bond donors (Lipinski definition) is 2. The number of aliphatic imine (C=N–C) groups is 1. The molecular formula is C18H26FIN4O2. The highest BCUT2D eigenvalue weighted by atomic mass is 127. The zero-order chi connectivity index (χ0) is 18.3. The molecular weight excluding hydrogens is 450 g/mol. The highest BCUT2D eigenvalue weighted by Gasteiger charge is 2.19. The molecule has 2 aromatic rings. The Bertz CT molecular complexity index is 713. The van der Waals surface area contributed by atoms with Crippen molar-refractivity contribution >= 4 is 29.9 Å². The van der Waals surface area contributed by atoms with Gasteiger partial charge in [0, 0.05) is 18.5 Å². The van der Waals surface area contributed by atoms with Gasteiger partial charge in [-0.3, -0.25) is 4.99 Å². The Morgan fingerprint density at radius 2 is 2.08 bits per heavy atom. The van der Waals surface area contributed by atoms with Crippen molar-refractivity contribution in [3.05, 3.63) is 47.9 Å². The van der Waals surface area contributed by atoms with Crippen molar-refractivity contribution in [2.24, 2.45) is 4.99 Å². The second kappa shape index (κ2) is 10.3. The normalized spacial score (nSPS) is 11.7. The molecule has 0 saturated heterocycles. The molecule has 0 unspecified atom stereocenters. The van der Waals surface area contributed by atoms with E-state index in [4.69, 9.17) is 9.15 Å². The molecule has 2 N–H and O–H groups in total. The summed E-state index contributed by atoms with van der Waals surface area (Å²) < 4.78 is 24.2. The topological polar surface area (TPSA) is 71.7 Å². The minimum absolute atomic E-state index is 0. The second-order valence-electron chi connectivity index (χ2n) is 6.53. The first-order chi connectivity index (χ1) is 11.9. The summed E-state index contributed by atoms with van der Waals surface area (Å²) >= 11 is 0. The number of ether oxygens (including phenoxy) is 1. The Labute approximate surface area is 170 Å². The van der Waals surface area contributed by atoms with Gasteiger partial charge in [-0.2, -0.15) is 0 Å². The van der Waals surface area contributed by atoms with E-state index < -0.39 is 0 Å². The maximum Gasteiger partial charge on any atom is 0.213 e. The van der Waals surface area contributed by atoms with Crippen LogP contribution in [0.3, 0.4) is 0 Å². The van der Waals surface area contributed by atoms with Crippen LogP contribution in [-0.2, 0) is 12.0 Å². The molecule has 0 saturated carbocycles. The van der Waals surface area contributed by atoms with Gasteiger partial charge in [-0.1, -0.05) is 26.8 Å². The molecule has 0 aliphatic heterocycles. The van der Waals surface area contributed by atoms with E-state index in [-0.39, 0.29) is 35.2 Å². The Balaban J connectivity index is 0.00000338. The van der Waals surface area contributed by atoms with Crippen LogP contribution < -0.4 is 15.4 Å². The standard InChI is InChI=1S/C18H25FN4O2.HI/c1-18(2,3)15-11-22-16(25-15)12-23-17(20-4)21-8-9-24-14-7-5-6-13(19)10-14;/h5-7,10-11H,8-9,12H2,1-4H3,(H2,20,21,23);1H. The summed E-state index contributed by atoms with van der Waals surface area (Å²) in [7, 11) is 1.68. The van der Waals surface area contributed by atoms with Crippen LogP contribution in [0.1, 0.15) is 32.4 Å². The number of nitrogens with one attached hydrogen (secondary N) is 2. The van der Waals surface area contributed by atoms with E-state index in [9.17, 15) is 4.39 Å². The molecule has 26 heavy (non-hydrogen) atoms. The molecule has 0 bridgehead atoms. The number of nitrogens with zero attached hydrogens (tertiary/aromatic N) is 2. The second-order valence-corrected chi connectivity index (χ2v) is 6.53. The highest BCUT2D eigenvalue weighted by Crippen LogP contribution is 2.22. The van der Waals surface area contributed by atoms with Gasteiger partial charge < -0.3 is 19.8 Å². The van der Waals surface area contributed by atoms with E-state index in [0.29, 0.717) is 37.3 Å². The minimum Gasteiger partial charge on any atom is -0.492 e. The molecule has 1 aromatic heterocycles. The smallest absolute Gasteiger partial charge is 0.213 e. The Morgan fingerprint density at radius 1 is 1.31 bits per heavy atom. The molecule has 6 nitrogen and oxygen atoms in total. The van der Waals surface area contributed by atoms with Gasteiger partial charge in [0.2, 0.25) is 5.89 Å². The third-order valence-electron chi connectivity index (χ3n) is 3.38. The molecule has 0 fully saturated rings. The summed E-state index contributed by atoms with van der Waals surface area (Å²) in [4.78, 5) is 8.39. The molecule has 2 rings (SSSR count). The van der Waals surface area contributed by atoms with Crippen LogP contribution in [0.2, 0.25) is 0 Å². The van der Waals surface area contributed by atoms with Crippen LogP contribution in [-0.4, -0.2) is 31.1 Å². The average molecular weight is 476 g/mol. The molecule has 0 aliphatic carbocycles. The fraction of sp³-hybridized carbons (Fsp3) is 0.444. The Hall–Kier alpha value is -1.84. The number of hydrogen-bond acceptors (Lipinski definition) is 4. The van der Waals surface area contributed by atoms with E-state index in [0.717, 1.165) is 5.76 Å². The predicted octanol–water partition coefficient (Wildman–Crippen LogP) is 3.47. The maximum atomic E-state index is 13.1. The highest BCUT2D eigenvalue weighted by molar-refractivity contribution is 14.0. The van der Waals surface area contributed by atoms with Gasteiger partial charge in [-0.25, -0.2) is 9.37 Å². The average Bonchev–Trinajstić information content (AvgIpc) is 3.03. The summed E-state index contributed by atoms with van der Waals surface area (Å²) in [6.07, 6.45) is 1.75. The first-order valence-corrected chi connectivity index (χ1v) is 8.16. The number of aromatic nitrogens is 1. The van der Waals surface area contributed by atoms with Crippen molar-refractivity contribution in [3.8, 4) is 5.75 Å². The first-order valence-electron chi connectivity index (χ1n) is 8.16. The lowest BCUT2D eigenvalue weighted by Gasteiger charge is -2.13. The zero-order valence-electron chi connectivity index (χ0n) is 15.5. The molecule has 0 aliphatic rings. The number of halogens is 2. The summed E-state index contributed by atoms with van der Waals surface area (Å²) in [6.45, 7) is 7.56. The van der Waals surface area contributed by atoms with E-state index >= 15 is 0 Å². The SMILES string of the molecule is CN=C(NCCOc1cccc(F)c1)NCc1ncc(C(C)(C)C)o1.I. The van der Waals surface area contributed by atoms with Crippen molar-refractivity contribution in [1.29, 1.82) is 0 Å². The van der Waals surface area contributed by atoms with Crippen LogP contribution in [0, 0.1) is 5.82 Å². The van der Waals surface area contributed by atoms with Crippen LogP contribution in [0.25, 0.3) is 0 Å². The van der Waals surface area contributed by atoms with Crippen LogP contribution in [0.5, 0.6) is 5.75 Å². The third kappa shape index (κ3) is 7.19. The molecule has 8 heteroatoms. The monoisotopic (exact) mass is 476 g/mol. The molecule has 0 spiro atoms. The quantitative estimate of drug-likeness (QED) is 0.289. The third-order valence-corrected chi connectivity index (χ3v) is 3.38. The number of rotatable bonds is 6. The van der Waals surface area contributed by atoms with Gasteiger partial charge in [0.05, 0.1) is 19.3 Å². The number of guanidine groups is 1. The van der Waals surface area contributed by atoms with Crippen molar-refractivity contribution in [2.45, 2.75) is 32.7 Å². The molecule has 144 valence electrons.